The monoisotopic (exact) mass is 584 g/mol. The first-order chi connectivity index (χ1) is 19.2. The Morgan fingerprint density at radius 2 is 1.80 bits per heavy atom. The first kappa shape index (κ1) is 31.3. The zero-order valence-electron chi connectivity index (χ0n) is 24.3. The Labute approximate surface area is 244 Å². The number of benzene rings is 2. The lowest BCUT2D eigenvalue weighted by Gasteiger charge is -2.27. The number of fused-ring (bicyclic) bond motifs is 3. The van der Waals surface area contributed by atoms with E-state index in [0.29, 0.717) is 33.9 Å². The van der Waals surface area contributed by atoms with Gasteiger partial charge >= 0.3 is 12.0 Å². The molecule has 0 N–H and O–H groups in total. The first-order valence-electron chi connectivity index (χ1n) is 12.9. The average molecular weight is 585 g/mol. The van der Waals surface area contributed by atoms with E-state index in [0.717, 1.165) is 10.5 Å². The van der Waals surface area contributed by atoms with Crippen LogP contribution in [0.15, 0.2) is 52.9 Å². The summed E-state index contributed by atoms with van der Waals surface area (Å²) in [6.45, 7) is 8.97. The molecular formula is C30H35ClN3O7+. The van der Waals surface area contributed by atoms with Gasteiger partial charge in [0.2, 0.25) is 13.0 Å². The predicted octanol–water partition coefficient (Wildman–Crippen LogP) is 5.32. The van der Waals surface area contributed by atoms with E-state index in [4.69, 9.17) is 25.5 Å². The number of carbonyl (C=O) groups excluding carboxylic acids is 4. The first-order valence-corrected chi connectivity index (χ1v) is 13.3. The molecule has 0 saturated carbocycles. The lowest BCUT2D eigenvalue weighted by Crippen LogP contribution is -2.37. The van der Waals surface area contributed by atoms with Crippen molar-refractivity contribution in [2.24, 2.45) is 0 Å². The van der Waals surface area contributed by atoms with Crippen molar-refractivity contribution in [1.29, 1.82) is 0 Å². The molecule has 4 amide bonds. The summed E-state index contributed by atoms with van der Waals surface area (Å²) >= 11 is 6.01. The number of hydrogen-bond donors (Lipinski definition) is 0. The minimum absolute atomic E-state index is 0.0573. The molecule has 1 atom stereocenters. The molecule has 0 bridgehead atoms. The normalized spacial score (nSPS) is 13.7. The van der Waals surface area contributed by atoms with Gasteiger partial charge in [-0.1, -0.05) is 41.9 Å². The van der Waals surface area contributed by atoms with Gasteiger partial charge in [-0.3, -0.25) is 9.59 Å². The van der Waals surface area contributed by atoms with E-state index in [9.17, 15) is 19.2 Å². The lowest BCUT2D eigenvalue weighted by molar-refractivity contribution is -0.420. The summed E-state index contributed by atoms with van der Waals surface area (Å²) in [5, 5.41) is 1.18. The van der Waals surface area contributed by atoms with Gasteiger partial charge in [0.15, 0.2) is 18.1 Å². The third-order valence-corrected chi connectivity index (χ3v) is 6.37. The van der Waals surface area contributed by atoms with Gasteiger partial charge < -0.3 is 18.8 Å². The van der Waals surface area contributed by atoms with Crippen LogP contribution in [0, 0.1) is 0 Å². The number of ether oxygens (including phenoxy) is 2. The molecule has 10 nitrogen and oxygen atoms in total. The molecule has 2 heterocycles. The number of rotatable bonds is 5. The van der Waals surface area contributed by atoms with Crippen LogP contribution in [0.3, 0.4) is 0 Å². The summed E-state index contributed by atoms with van der Waals surface area (Å²) in [4.78, 5) is 50.2. The standard InChI is InChI=1S/C16H16ClN2O4.C14H19NO3/c1-9-8-22-14-11-6-10(17)4-5-12(11)23-15(14)16(21)19(9)7-13(20)18(2)3;1-11(12-8-6-5-7-9-12)15(10-16)13(17)18-14(2,3)4/h4-6H,7-8H2,1-3H3;5-11H,1-4H3/q+1;. The third-order valence-electron chi connectivity index (χ3n) is 6.14. The second kappa shape index (κ2) is 13.0. The van der Waals surface area contributed by atoms with Gasteiger partial charge in [0.25, 0.3) is 11.7 Å². The molecule has 0 spiro atoms. The Bertz CT molecular complexity index is 1470. The van der Waals surface area contributed by atoms with E-state index in [2.05, 4.69) is 0 Å². The van der Waals surface area contributed by atoms with E-state index < -0.39 is 17.6 Å². The highest BCUT2D eigenvalue weighted by atomic mass is 35.5. The Balaban J connectivity index is 0.000000233. The van der Waals surface area contributed by atoms with Crippen LogP contribution in [0.4, 0.5) is 4.79 Å². The quantitative estimate of drug-likeness (QED) is 0.295. The third kappa shape index (κ3) is 7.73. The van der Waals surface area contributed by atoms with Crippen molar-refractivity contribution in [2.75, 3.05) is 27.2 Å². The van der Waals surface area contributed by atoms with Crippen LogP contribution in [0.1, 0.15) is 56.8 Å². The van der Waals surface area contributed by atoms with Crippen LogP contribution < -0.4 is 4.74 Å². The summed E-state index contributed by atoms with van der Waals surface area (Å²) in [7, 11) is 3.29. The number of carbonyl (C=O) groups is 4. The fourth-order valence-corrected chi connectivity index (χ4v) is 4.04. The maximum absolute atomic E-state index is 12.8. The van der Waals surface area contributed by atoms with Crippen LogP contribution in [-0.4, -0.2) is 77.3 Å². The van der Waals surface area contributed by atoms with Gasteiger partial charge in [0.1, 0.15) is 11.2 Å². The molecular weight excluding hydrogens is 550 g/mol. The summed E-state index contributed by atoms with van der Waals surface area (Å²) in [6, 6.07) is 14.1. The largest absolute Gasteiger partial charge is 0.478 e. The fraction of sp³-hybridized carbons (Fsp3) is 0.367. The SMILES string of the molecule is CC(c1ccccc1)N(C=O)C(=O)OC(C)(C)C.CC1=[N+](CC(=O)N(C)C)C(=O)c2oc3ccc(Cl)cc3c2OC1. The number of nitrogens with zero attached hydrogens (tertiary/aromatic N) is 3. The minimum Gasteiger partial charge on any atom is -0.478 e. The molecule has 1 aromatic heterocycles. The van der Waals surface area contributed by atoms with Gasteiger partial charge in [-0.2, -0.15) is 0 Å². The van der Waals surface area contributed by atoms with Crippen LogP contribution in [0.25, 0.3) is 11.0 Å². The van der Waals surface area contributed by atoms with Crippen molar-refractivity contribution in [3.05, 3.63) is 64.9 Å². The van der Waals surface area contributed by atoms with E-state index in [1.165, 1.54) is 9.48 Å². The van der Waals surface area contributed by atoms with Crippen LogP contribution in [0.2, 0.25) is 5.02 Å². The highest BCUT2D eigenvalue weighted by Gasteiger charge is 2.37. The van der Waals surface area contributed by atoms with Crippen molar-refractivity contribution in [1.82, 2.24) is 9.80 Å². The van der Waals surface area contributed by atoms with Crippen LogP contribution in [-0.2, 0) is 14.3 Å². The lowest BCUT2D eigenvalue weighted by atomic mass is 10.1. The average Bonchev–Trinajstić information content (AvgIpc) is 3.22. The smallest absolute Gasteiger partial charge is 0.459 e. The van der Waals surface area contributed by atoms with Crippen LogP contribution >= 0.6 is 11.6 Å². The molecule has 0 fully saturated rings. The molecule has 0 radical (unpaired) electrons. The Hall–Kier alpha value is -4.18. The van der Waals surface area contributed by atoms with E-state index >= 15 is 0 Å². The molecule has 11 heteroatoms. The molecule has 0 saturated heterocycles. The zero-order chi connectivity index (χ0) is 30.5. The van der Waals surface area contributed by atoms with Crippen molar-refractivity contribution < 1.29 is 37.6 Å². The fourth-order valence-electron chi connectivity index (χ4n) is 3.86. The number of likely N-dealkylation sites (N-methyl/N-ethyl adjacent to an activating group) is 1. The maximum Gasteiger partial charge on any atom is 0.459 e. The molecule has 1 aliphatic rings. The minimum atomic E-state index is -0.631. The highest BCUT2D eigenvalue weighted by molar-refractivity contribution is 6.31. The topological polar surface area (TPSA) is 109 Å². The predicted molar refractivity (Wildman–Crippen MR) is 155 cm³/mol. The summed E-state index contributed by atoms with van der Waals surface area (Å²) in [5.74, 6) is -0.116. The highest BCUT2D eigenvalue weighted by Crippen LogP contribution is 2.36. The number of amides is 4. The van der Waals surface area contributed by atoms with Crippen molar-refractivity contribution in [2.45, 2.75) is 46.3 Å². The zero-order valence-corrected chi connectivity index (χ0v) is 25.0. The molecule has 1 aliphatic heterocycles. The Morgan fingerprint density at radius 1 is 1.15 bits per heavy atom. The van der Waals surface area contributed by atoms with Gasteiger partial charge in [0, 0.05) is 26.0 Å². The van der Waals surface area contributed by atoms with Crippen molar-refractivity contribution in [3.63, 3.8) is 0 Å². The van der Waals surface area contributed by atoms with E-state index in [1.54, 1.807) is 66.9 Å². The van der Waals surface area contributed by atoms with E-state index in [1.807, 2.05) is 30.3 Å². The second-order valence-electron chi connectivity index (χ2n) is 10.7. The maximum atomic E-state index is 12.8. The Morgan fingerprint density at radius 3 is 2.39 bits per heavy atom. The molecule has 4 rings (SSSR count). The molecule has 2 aromatic carbocycles. The number of hydrogen-bond acceptors (Lipinski definition) is 7. The molecule has 0 aliphatic carbocycles. The summed E-state index contributed by atoms with van der Waals surface area (Å²) in [5.41, 5.74) is 1.43. The number of halogens is 1. The van der Waals surface area contributed by atoms with E-state index in [-0.39, 0.29) is 30.9 Å². The molecule has 41 heavy (non-hydrogen) atoms. The van der Waals surface area contributed by atoms with Crippen LogP contribution in [0.5, 0.6) is 5.75 Å². The van der Waals surface area contributed by atoms with Gasteiger partial charge in [-0.05, 0) is 51.5 Å². The van der Waals surface area contributed by atoms with Gasteiger partial charge in [-0.15, -0.1) is 4.58 Å². The van der Waals surface area contributed by atoms with Crippen molar-refractivity contribution in [3.8, 4) is 5.75 Å². The molecule has 1 unspecified atom stereocenters. The van der Waals surface area contributed by atoms with Gasteiger partial charge in [0.05, 0.1) is 11.4 Å². The van der Waals surface area contributed by atoms with Gasteiger partial charge in [-0.25, -0.2) is 14.5 Å². The summed E-state index contributed by atoms with van der Waals surface area (Å²) in [6.07, 6.45) is -0.125. The Kier molecular flexibility index (Phi) is 9.93. The number of furan rings is 1. The number of imide groups is 1. The van der Waals surface area contributed by atoms with Crippen molar-refractivity contribution >= 4 is 52.6 Å². The second-order valence-corrected chi connectivity index (χ2v) is 11.1. The molecule has 218 valence electrons. The molecule has 3 aromatic rings. The summed E-state index contributed by atoms with van der Waals surface area (Å²) < 4.78 is 18.0.